The van der Waals surface area contributed by atoms with Crippen LogP contribution >= 0.6 is 0 Å². The van der Waals surface area contributed by atoms with Crippen molar-refractivity contribution < 1.29 is 14.3 Å². The minimum absolute atomic E-state index is 0.0769. The molecule has 4 rings (SSSR count). The van der Waals surface area contributed by atoms with E-state index >= 15 is 0 Å². The smallest absolute Gasteiger partial charge is 0.219 e. The van der Waals surface area contributed by atoms with Crippen molar-refractivity contribution in [2.45, 2.75) is 57.4 Å². The van der Waals surface area contributed by atoms with Crippen LogP contribution in [0.25, 0.3) is 0 Å². The van der Waals surface area contributed by atoms with Gasteiger partial charge in [0.25, 0.3) is 0 Å². The first-order chi connectivity index (χ1) is 15.0. The second-order valence-corrected chi connectivity index (χ2v) is 8.97. The van der Waals surface area contributed by atoms with Gasteiger partial charge in [-0.25, -0.2) is 0 Å². The topological polar surface area (TPSA) is 42.0 Å². The molecule has 2 aromatic carbocycles. The van der Waals surface area contributed by atoms with Crippen LogP contribution in [0.2, 0.25) is 0 Å². The number of benzene rings is 2. The molecule has 2 aliphatic heterocycles. The lowest BCUT2D eigenvalue weighted by atomic mass is 9.82. The third kappa shape index (κ3) is 5.46. The second-order valence-electron chi connectivity index (χ2n) is 8.97. The molecule has 0 bridgehead atoms. The van der Waals surface area contributed by atoms with E-state index in [2.05, 4.69) is 35.2 Å². The summed E-state index contributed by atoms with van der Waals surface area (Å²) >= 11 is 0. The summed E-state index contributed by atoms with van der Waals surface area (Å²) in [5, 5.41) is 0. The zero-order valence-electron chi connectivity index (χ0n) is 18.8. The Kier molecular flexibility index (Phi) is 6.93. The van der Waals surface area contributed by atoms with Gasteiger partial charge in [-0.05, 0) is 37.3 Å². The molecule has 31 heavy (non-hydrogen) atoms. The molecule has 0 aliphatic carbocycles. The zero-order chi connectivity index (χ0) is 21.7. The standard InChI is InChI=1S/C26H34N2O3/c1-21(29)27(2)24-12-17-31-26(18-24)13-15-28(16-14-26)19-23-10-6-7-11-25(23)30-20-22-8-4-3-5-9-22/h3-11,24H,12-20H2,1-2H3. The summed E-state index contributed by atoms with van der Waals surface area (Å²) in [5.74, 6) is 1.11. The Labute approximate surface area is 185 Å². The average Bonchev–Trinajstić information content (AvgIpc) is 2.80. The number of likely N-dealkylation sites (tertiary alicyclic amines) is 1. The Balaban J connectivity index is 1.33. The van der Waals surface area contributed by atoms with E-state index in [4.69, 9.17) is 9.47 Å². The molecule has 0 saturated carbocycles. The van der Waals surface area contributed by atoms with Crippen molar-refractivity contribution in [2.75, 3.05) is 26.7 Å². The zero-order valence-corrected chi connectivity index (χ0v) is 18.8. The highest BCUT2D eigenvalue weighted by Crippen LogP contribution is 2.37. The number of nitrogens with zero attached hydrogens (tertiary/aromatic N) is 2. The maximum absolute atomic E-state index is 11.8. The summed E-state index contributed by atoms with van der Waals surface area (Å²) in [5.41, 5.74) is 2.33. The molecule has 2 saturated heterocycles. The Hall–Kier alpha value is -2.37. The van der Waals surface area contributed by atoms with E-state index in [1.807, 2.05) is 36.2 Å². The summed E-state index contributed by atoms with van der Waals surface area (Å²) in [6.07, 6.45) is 3.92. The van der Waals surface area contributed by atoms with Gasteiger partial charge in [0.15, 0.2) is 0 Å². The summed E-state index contributed by atoms with van der Waals surface area (Å²) in [6, 6.07) is 18.9. The number of hydrogen-bond acceptors (Lipinski definition) is 4. The second kappa shape index (κ2) is 9.84. The van der Waals surface area contributed by atoms with Crippen LogP contribution in [0, 0.1) is 0 Å². The SMILES string of the molecule is CC(=O)N(C)C1CCOC2(CCN(Cc3ccccc3OCc3ccccc3)CC2)C1. The number of amides is 1. The lowest BCUT2D eigenvalue weighted by Gasteiger charge is -2.47. The average molecular weight is 423 g/mol. The van der Waals surface area contributed by atoms with Crippen LogP contribution in [0.4, 0.5) is 0 Å². The Morgan fingerprint density at radius 1 is 1.13 bits per heavy atom. The van der Waals surface area contributed by atoms with Crippen LogP contribution in [0.3, 0.4) is 0 Å². The first kappa shape index (κ1) is 21.8. The molecule has 2 fully saturated rings. The van der Waals surface area contributed by atoms with E-state index in [1.54, 1.807) is 6.92 Å². The molecule has 1 spiro atoms. The van der Waals surface area contributed by atoms with Crippen LogP contribution in [0.1, 0.15) is 43.7 Å². The van der Waals surface area contributed by atoms with E-state index in [-0.39, 0.29) is 11.5 Å². The summed E-state index contributed by atoms with van der Waals surface area (Å²) < 4.78 is 12.4. The van der Waals surface area contributed by atoms with Crippen LogP contribution in [0.5, 0.6) is 5.75 Å². The minimum atomic E-state index is -0.0769. The predicted molar refractivity (Wildman–Crippen MR) is 122 cm³/mol. The third-order valence-electron chi connectivity index (χ3n) is 6.88. The molecule has 0 radical (unpaired) electrons. The molecule has 166 valence electrons. The van der Waals surface area contributed by atoms with Crippen molar-refractivity contribution in [3.8, 4) is 5.75 Å². The summed E-state index contributed by atoms with van der Waals surface area (Å²) in [6.45, 7) is 5.88. The Bertz CT molecular complexity index is 862. The van der Waals surface area contributed by atoms with Gasteiger partial charge in [-0.1, -0.05) is 48.5 Å². The number of carbonyl (C=O) groups is 1. The first-order valence-corrected chi connectivity index (χ1v) is 11.4. The van der Waals surface area contributed by atoms with Crippen LogP contribution in [-0.4, -0.2) is 54.1 Å². The molecule has 2 aromatic rings. The fraction of sp³-hybridized carbons (Fsp3) is 0.500. The number of para-hydroxylation sites is 1. The number of rotatable bonds is 6. The minimum Gasteiger partial charge on any atom is -0.489 e. The summed E-state index contributed by atoms with van der Waals surface area (Å²) in [4.78, 5) is 16.2. The third-order valence-corrected chi connectivity index (χ3v) is 6.88. The monoisotopic (exact) mass is 422 g/mol. The Morgan fingerprint density at radius 3 is 2.58 bits per heavy atom. The normalized spacial score (nSPS) is 21.0. The van der Waals surface area contributed by atoms with Crippen LogP contribution < -0.4 is 4.74 Å². The van der Waals surface area contributed by atoms with Gasteiger partial charge < -0.3 is 14.4 Å². The van der Waals surface area contributed by atoms with Crippen molar-refractivity contribution in [1.82, 2.24) is 9.80 Å². The van der Waals surface area contributed by atoms with Crippen LogP contribution in [-0.2, 0) is 22.7 Å². The Morgan fingerprint density at radius 2 is 1.84 bits per heavy atom. The van der Waals surface area contributed by atoms with Crippen molar-refractivity contribution >= 4 is 5.91 Å². The molecule has 0 N–H and O–H groups in total. The highest BCUT2D eigenvalue weighted by Gasteiger charge is 2.41. The lowest BCUT2D eigenvalue weighted by Crippen LogP contribution is -2.53. The fourth-order valence-corrected chi connectivity index (χ4v) is 4.81. The van der Waals surface area contributed by atoms with Gasteiger partial charge in [0.05, 0.1) is 5.60 Å². The van der Waals surface area contributed by atoms with E-state index in [9.17, 15) is 4.79 Å². The number of piperidine rings is 1. The molecule has 1 unspecified atom stereocenters. The fourth-order valence-electron chi connectivity index (χ4n) is 4.81. The van der Waals surface area contributed by atoms with Gasteiger partial charge in [0.1, 0.15) is 12.4 Å². The van der Waals surface area contributed by atoms with Gasteiger partial charge >= 0.3 is 0 Å². The van der Waals surface area contributed by atoms with Gasteiger partial charge in [-0.3, -0.25) is 9.69 Å². The quantitative estimate of drug-likeness (QED) is 0.698. The summed E-state index contributed by atoms with van der Waals surface area (Å²) in [7, 11) is 1.92. The van der Waals surface area contributed by atoms with Crippen molar-refractivity contribution in [3.05, 3.63) is 65.7 Å². The number of hydrogen-bond donors (Lipinski definition) is 0. The van der Waals surface area contributed by atoms with Crippen molar-refractivity contribution in [3.63, 3.8) is 0 Å². The van der Waals surface area contributed by atoms with Gasteiger partial charge in [-0.2, -0.15) is 0 Å². The maximum Gasteiger partial charge on any atom is 0.219 e. The highest BCUT2D eigenvalue weighted by atomic mass is 16.5. The van der Waals surface area contributed by atoms with Gasteiger partial charge in [-0.15, -0.1) is 0 Å². The molecule has 2 aliphatic rings. The molecule has 5 heteroatoms. The van der Waals surface area contributed by atoms with Crippen molar-refractivity contribution in [1.29, 1.82) is 0 Å². The van der Waals surface area contributed by atoms with Crippen molar-refractivity contribution in [2.24, 2.45) is 0 Å². The van der Waals surface area contributed by atoms with E-state index in [0.29, 0.717) is 12.6 Å². The van der Waals surface area contributed by atoms with E-state index in [0.717, 1.165) is 57.7 Å². The van der Waals surface area contributed by atoms with Crippen LogP contribution in [0.15, 0.2) is 54.6 Å². The lowest BCUT2D eigenvalue weighted by molar-refractivity contribution is -0.146. The van der Waals surface area contributed by atoms with E-state index < -0.39 is 0 Å². The molecule has 2 heterocycles. The van der Waals surface area contributed by atoms with Gasteiger partial charge in [0.2, 0.25) is 5.91 Å². The largest absolute Gasteiger partial charge is 0.489 e. The molecule has 1 amide bonds. The highest BCUT2D eigenvalue weighted by molar-refractivity contribution is 5.73. The maximum atomic E-state index is 11.8. The van der Waals surface area contributed by atoms with E-state index in [1.165, 1.54) is 11.1 Å². The first-order valence-electron chi connectivity index (χ1n) is 11.4. The molecular formula is C26H34N2O3. The molecule has 0 aromatic heterocycles. The number of carbonyl (C=O) groups excluding carboxylic acids is 1. The molecule has 1 atom stereocenters. The molecule has 5 nitrogen and oxygen atoms in total. The van der Waals surface area contributed by atoms with Gasteiger partial charge in [0, 0.05) is 51.8 Å². The number of ether oxygens (including phenoxy) is 2. The predicted octanol–water partition coefficient (Wildman–Crippen LogP) is 4.26. The molecular weight excluding hydrogens is 388 g/mol.